The summed E-state index contributed by atoms with van der Waals surface area (Å²) in [5, 5.41) is 7.23. The van der Waals surface area contributed by atoms with Crippen LogP contribution in [0.15, 0.2) is 41.1 Å². The third-order valence-electron chi connectivity index (χ3n) is 3.65. The second kappa shape index (κ2) is 6.50. The van der Waals surface area contributed by atoms with E-state index >= 15 is 0 Å². The zero-order valence-corrected chi connectivity index (χ0v) is 13.4. The number of carbonyl (C=O) groups is 2. The van der Waals surface area contributed by atoms with Crippen LogP contribution in [-0.4, -0.2) is 29.3 Å². The number of hydrogen-bond acceptors (Lipinski definition) is 3. The molecule has 6 heteroatoms. The fourth-order valence-electron chi connectivity index (χ4n) is 2.52. The Bertz CT molecular complexity index is 687. The maximum atomic E-state index is 12.1. The van der Waals surface area contributed by atoms with Crippen LogP contribution in [0.2, 0.25) is 5.02 Å². The van der Waals surface area contributed by atoms with Gasteiger partial charge in [0.15, 0.2) is 0 Å². The van der Waals surface area contributed by atoms with Gasteiger partial charge in [-0.15, -0.1) is 0 Å². The lowest BCUT2D eigenvalue weighted by Gasteiger charge is -2.17. The minimum absolute atomic E-state index is 0.0375. The van der Waals surface area contributed by atoms with Crippen LogP contribution in [0.5, 0.6) is 0 Å². The average Bonchev–Trinajstić information content (AvgIpc) is 3.12. The van der Waals surface area contributed by atoms with Crippen molar-refractivity contribution in [2.75, 3.05) is 6.54 Å². The predicted octanol–water partition coefficient (Wildman–Crippen LogP) is 2.93. The number of nitrogens with zero attached hydrogens (tertiary/aromatic N) is 1. The first-order valence-corrected chi connectivity index (χ1v) is 8.30. The molecule has 2 heterocycles. The molecule has 1 aliphatic rings. The van der Waals surface area contributed by atoms with Crippen LogP contribution < -0.4 is 5.32 Å². The number of hydrogen-bond donors (Lipinski definition) is 1. The van der Waals surface area contributed by atoms with E-state index in [1.54, 1.807) is 16.3 Å². The Morgan fingerprint density at radius 3 is 2.91 bits per heavy atom. The molecule has 3 rings (SSSR count). The van der Waals surface area contributed by atoms with Gasteiger partial charge in [0.2, 0.25) is 5.91 Å². The fourth-order valence-corrected chi connectivity index (χ4v) is 3.35. The molecule has 1 saturated heterocycles. The molecule has 4 nitrogen and oxygen atoms in total. The molecule has 1 aliphatic heterocycles. The Kier molecular flexibility index (Phi) is 4.45. The lowest BCUT2D eigenvalue weighted by atomic mass is 10.2. The number of rotatable bonds is 4. The summed E-state index contributed by atoms with van der Waals surface area (Å²) in [4.78, 5) is 25.9. The number of amides is 2. The summed E-state index contributed by atoms with van der Waals surface area (Å²) in [5.41, 5.74) is 1.56. The van der Waals surface area contributed by atoms with E-state index in [-0.39, 0.29) is 17.9 Å². The van der Waals surface area contributed by atoms with Gasteiger partial charge in [0.25, 0.3) is 5.91 Å². The summed E-state index contributed by atoms with van der Waals surface area (Å²) >= 11 is 7.61. The van der Waals surface area contributed by atoms with Crippen molar-refractivity contribution in [3.8, 4) is 0 Å². The van der Waals surface area contributed by atoms with Crippen LogP contribution in [0.3, 0.4) is 0 Å². The third kappa shape index (κ3) is 3.31. The van der Waals surface area contributed by atoms with Crippen molar-refractivity contribution in [3.05, 3.63) is 57.2 Å². The molecule has 0 bridgehead atoms. The normalized spacial score (nSPS) is 17.8. The number of benzene rings is 1. The molecule has 1 fully saturated rings. The van der Waals surface area contributed by atoms with Gasteiger partial charge in [-0.05, 0) is 23.1 Å². The van der Waals surface area contributed by atoms with Crippen molar-refractivity contribution in [1.82, 2.24) is 10.2 Å². The summed E-state index contributed by atoms with van der Waals surface area (Å²) in [5.74, 6) is -0.0887. The summed E-state index contributed by atoms with van der Waals surface area (Å²) < 4.78 is 0. The van der Waals surface area contributed by atoms with Crippen molar-refractivity contribution in [3.63, 3.8) is 0 Å². The largest absolute Gasteiger partial charge is 0.347 e. The van der Waals surface area contributed by atoms with E-state index in [0.29, 0.717) is 30.1 Å². The van der Waals surface area contributed by atoms with E-state index in [4.69, 9.17) is 11.6 Å². The molecule has 22 heavy (non-hydrogen) atoms. The minimum Gasteiger partial charge on any atom is -0.347 e. The fraction of sp³-hybridized carbons (Fsp3) is 0.250. The Morgan fingerprint density at radius 1 is 1.36 bits per heavy atom. The molecule has 1 N–H and O–H groups in total. The molecule has 1 aromatic heterocycles. The summed E-state index contributed by atoms with van der Waals surface area (Å²) in [6.45, 7) is 0.989. The van der Waals surface area contributed by atoms with Crippen LogP contribution in [-0.2, 0) is 11.3 Å². The lowest BCUT2D eigenvalue weighted by Crippen LogP contribution is -2.36. The number of thiophene rings is 1. The van der Waals surface area contributed by atoms with Gasteiger partial charge in [-0.3, -0.25) is 9.59 Å². The van der Waals surface area contributed by atoms with Gasteiger partial charge < -0.3 is 10.2 Å². The van der Waals surface area contributed by atoms with Crippen LogP contribution in [0.4, 0.5) is 0 Å². The standard InChI is InChI=1S/C16H15ClN2O2S/c17-14-4-2-1-3-11(14)8-19-9-13(7-15(19)20)18-16(21)12-5-6-22-10-12/h1-6,10,13H,7-9H2,(H,18,21)/t13-/m1/s1. The second-order valence-electron chi connectivity index (χ2n) is 5.25. The highest BCUT2D eigenvalue weighted by molar-refractivity contribution is 7.08. The first-order chi connectivity index (χ1) is 10.6. The third-order valence-corrected chi connectivity index (χ3v) is 4.70. The number of nitrogens with one attached hydrogen (secondary N) is 1. The van der Waals surface area contributed by atoms with Crippen LogP contribution in [0.25, 0.3) is 0 Å². The second-order valence-corrected chi connectivity index (χ2v) is 6.44. The Morgan fingerprint density at radius 2 is 2.18 bits per heavy atom. The first kappa shape index (κ1) is 15.1. The van der Waals surface area contributed by atoms with Gasteiger partial charge in [0.05, 0.1) is 6.04 Å². The smallest absolute Gasteiger partial charge is 0.252 e. The van der Waals surface area contributed by atoms with Crippen LogP contribution in [0.1, 0.15) is 22.3 Å². The molecule has 0 radical (unpaired) electrons. The highest BCUT2D eigenvalue weighted by Gasteiger charge is 2.31. The molecule has 0 saturated carbocycles. The van der Waals surface area contributed by atoms with Crippen molar-refractivity contribution >= 4 is 34.8 Å². The van der Waals surface area contributed by atoms with Crippen LogP contribution >= 0.6 is 22.9 Å². The van der Waals surface area contributed by atoms with Gasteiger partial charge in [-0.25, -0.2) is 0 Å². The molecule has 2 amide bonds. The maximum Gasteiger partial charge on any atom is 0.252 e. The zero-order chi connectivity index (χ0) is 15.5. The van der Waals surface area contributed by atoms with Gasteiger partial charge in [0.1, 0.15) is 0 Å². The summed E-state index contributed by atoms with van der Waals surface area (Å²) in [7, 11) is 0. The first-order valence-electron chi connectivity index (χ1n) is 6.98. The molecule has 1 atom stereocenters. The average molecular weight is 335 g/mol. The molecule has 1 aromatic carbocycles. The quantitative estimate of drug-likeness (QED) is 0.934. The molecule has 2 aromatic rings. The monoisotopic (exact) mass is 334 g/mol. The van der Waals surface area contributed by atoms with Gasteiger partial charge in [-0.1, -0.05) is 29.8 Å². The van der Waals surface area contributed by atoms with Gasteiger partial charge in [-0.2, -0.15) is 11.3 Å². The van der Waals surface area contributed by atoms with E-state index in [2.05, 4.69) is 5.32 Å². The Balaban J connectivity index is 1.61. The molecular weight excluding hydrogens is 320 g/mol. The van der Waals surface area contributed by atoms with E-state index in [1.165, 1.54) is 11.3 Å². The minimum atomic E-state index is -0.151. The molecular formula is C16H15ClN2O2S. The molecule has 0 spiro atoms. The van der Waals surface area contributed by atoms with E-state index in [0.717, 1.165) is 5.56 Å². The zero-order valence-electron chi connectivity index (χ0n) is 11.8. The van der Waals surface area contributed by atoms with Gasteiger partial charge >= 0.3 is 0 Å². The Labute approximate surface area is 137 Å². The van der Waals surface area contributed by atoms with Crippen LogP contribution in [0, 0.1) is 0 Å². The predicted molar refractivity (Wildman–Crippen MR) is 87.1 cm³/mol. The summed E-state index contributed by atoms with van der Waals surface area (Å²) in [6, 6.07) is 9.11. The highest BCUT2D eigenvalue weighted by Crippen LogP contribution is 2.21. The Hall–Kier alpha value is -1.85. The number of likely N-dealkylation sites (tertiary alicyclic amines) is 1. The van der Waals surface area contributed by atoms with E-state index < -0.39 is 0 Å². The van der Waals surface area contributed by atoms with Crippen molar-refractivity contribution in [2.24, 2.45) is 0 Å². The van der Waals surface area contributed by atoms with Crippen molar-refractivity contribution in [1.29, 1.82) is 0 Å². The van der Waals surface area contributed by atoms with E-state index in [1.807, 2.05) is 29.6 Å². The highest BCUT2D eigenvalue weighted by atomic mass is 35.5. The van der Waals surface area contributed by atoms with E-state index in [9.17, 15) is 9.59 Å². The molecule has 0 aliphatic carbocycles. The van der Waals surface area contributed by atoms with Crippen molar-refractivity contribution in [2.45, 2.75) is 19.0 Å². The van der Waals surface area contributed by atoms with Crippen molar-refractivity contribution < 1.29 is 9.59 Å². The number of carbonyl (C=O) groups excluding carboxylic acids is 2. The molecule has 114 valence electrons. The lowest BCUT2D eigenvalue weighted by molar-refractivity contribution is -0.128. The number of halogens is 1. The van der Waals surface area contributed by atoms with Gasteiger partial charge in [0, 0.05) is 35.5 Å². The SMILES string of the molecule is O=C(N[C@@H]1CC(=O)N(Cc2ccccc2Cl)C1)c1ccsc1. The summed E-state index contributed by atoms with van der Waals surface area (Å²) in [6.07, 6.45) is 0.334. The maximum absolute atomic E-state index is 12.1. The topological polar surface area (TPSA) is 49.4 Å². The molecule has 0 unspecified atom stereocenters.